The maximum absolute atomic E-state index is 13.3. The predicted octanol–water partition coefficient (Wildman–Crippen LogP) is 7.41. The summed E-state index contributed by atoms with van der Waals surface area (Å²) >= 11 is 0. The van der Waals surface area contributed by atoms with E-state index < -0.39 is 33.4 Å². The van der Waals surface area contributed by atoms with Crippen molar-refractivity contribution < 1.29 is 22.6 Å². The van der Waals surface area contributed by atoms with Crippen LogP contribution in [0.2, 0.25) is 0 Å². The average Bonchev–Trinajstić information content (AvgIpc) is 3.24. The van der Waals surface area contributed by atoms with E-state index in [0.717, 1.165) is 22.3 Å². The van der Waals surface area contributed by atoms with Crippen molar-refractivity contribution in [3.63, 3.8) is 0 Å². The normalized spacial score (nSPS) is 20.1. The molecule has 2 unspecified atom stereocenters. The van der Waals surface area contributed by atoms with Crippen LogP contribution < -0.4 is 21.2 Å². The standard InChI is InChI=1S/C34H35F3O2P2/c1-24-10-16-28(17-11-24)40(27-8-6-5-7-9-27)22-31-32(39-33(3,4)38-31)23-41(29-18-12-25(2)13-19-29)30-20-14-26(15-21-30)34(35,36)37/h5-21,31-32H,22-23H2,1-4H3/t31-,32-,40?,41?/m0/s1. The van der Waals surface area contributed by atoms with E-state index in [1.165, 1.54) is 28.3 Å². The van der Waals surface area contributed by atoms with Crippen molar-refractivity contribution in [2.75, 3.05) is 12.3 Å². The number of hydrogen-bond donors (Lipinski definition) is 0. The third-order valence-electron chi connectivity index (χ3n) is 7.28. The smallest absolute Gasteiger partial charge is 0.344 e. The second kappa shape index (κ2) is 12.4. The Labute approximate surface area is 243 Å². The second-order valence-corrected chi connectivity index (χ2v) is 15.5. The molecule has 1 aliphatic rings. The van der Waals surface area contributed by atoms with Crippen LogP contribution in [-0.2, 0) is 15.7 Å². The first-order chi connectivity index (χ1) is 19.5. The van der Waals surface area contributed by atoms with Crippen molar-refractivity contribution in [1.82, 2.24) is 0 Å². The highest BCUT2D eigenvalue weighted by Crippen LogP contribution is 2.44. The van der Waals surface area contributed by atoms with Crippen molar-refractivity contribution in [2.24, 2.45) is 0 Å². The third kappa shape index (κ3) is 7.46. The van der Waals surface area contributed by atoms with Gasteiger partial charge in [0, 0.05) is 12.3 Å². The van der Waals surface area contributed by atoms with E-state index in [9.17, 15) is 13.2 Å². The van der Waals surface area contributed by atoms with Crippen LogP contribution in [-0.4, -0.2) is 30.3 Å². The number of alkyl halides is 3. The lowest BCUT2D eigenvalue weighted by atomic mass is 10.2. The molecule has 0 aliphatic carbocycles. The molecule has 0 spiro atoms. The first-order valence-corrected chi connectivity index (χ1v) is 16.8. The number of benzene rings is 4. The highest BCUT2D eigenvalue weighted by atomic mass is 31.1. The summed E-state index contributed by atoms with van der Waals surface area (Å²) in [5.74, 6) is -0.755. The summed E-state index contributed by atoms with van der Waals surface area (Å²) < 4.78 is 53.2. The summed E-state index contributed by atoms with van der Waals surface area (Å²) in [6.07, 6.45) is -3.29. The van der Waals surface area contributed by atoms with Crippen molar-refractivity contribution in [3.05, 3.63) is 120 Å². The molecule has 4 aromatic carbocycles. The molecule has 1 fully saturated rings. The molecule has 1 aliphatic heterocycles. The zero-order valence-electron chi connectivity index (χ0n) is 23.7. The number of rotatable bonds is 8. The van der Waals surface area contributed by atoms with Gasteiger partial charge < -0.3 is 9.47 Å². The Hall–Kier alpha value is -2.55. The lowest BCUT2D eigenvalue weighted by Crippen LogP contribution is -2.33. The topological polar surface area (TPSA) is 18.5 Å². The highest BCUT2D eigenvalue weighted by molar-refractivity contribution is 7.73. The van der Waals surface area contributed by atoms with E-state index in [2.05, 4.69) is 79.7 Å². The van der Waals surface area contributed by atoms with Gasteiger partial charge in [-0.2, -0.15) is 13.2 Å². The Bertz CT molecular complexity index is 1420. The largest absolute Gasteiger partial charge is 0.416 e. The van der Waals surface area contributed by atoms with Crippen LogP contribution in [0.3, 0.4) is 0 Å². The summed E-state index contributed by atoms with van der Waals surface area (Å²) in [6.45, 7) is 8.02. The Morgan fingerprint density at radius 1 is 0.585 bits per heavy atom. The predicted molar refractivity (Wildman–Crippen MR) is 166 cm³/mol. The lowest BCUT2D eigenvalue weighted by Gasteiger charge is -2.28. The lowest BCUT2D eigenvalue weighted by molar-refractivity contribution is -0.142. The van der Waals surface area contributed by atoms with Gasteiger partial charge in [-0.25, -0.2) is 0 Å². The Morgan fingerprint density at radius 3 is 1.34 bits per heavy atom. The quantitative estimate of drug-likeness (QED) is 0.198. The molecule has 0 saturated carbocycles. The van der Waals surface area contributed by atoms with E-state index in [1.54, 1.807) is 12.1 Å². The zero-order chi connectivity index (χ0) is 29.2. The Balaban J connectivity index is 1.48. The van der Waals surface area contributed by atoms with Crippen LogP contribution in [0, 0.1) is 13.8 Å². The van der Waals surface area contributed by atoms with E-state index in [4.69, 9.17) is 9.47 Å². The van der Waals surface area contributed by atoms with Crippen LogP contribution in [0.1, 0.15) is 30.5 Å². The minimum Gasteiger partial charge on any atom is -0.344 e. The molecular formula is C34H35F3O2P2. The summed E-state index contributed by atoms with van der Waals surface area (Å²) in [4.78, 5) is 0. The summed E-state index contributed by atoms with van der Waals surface area (Å²) in [5.41, 5.74) is 1.73. The van der Waals surface area contributed by atoms with Gasteiger partial charge in [-0.15, -0.1) is 0 Å². The molecule has 4 atom stereocenters. The molecule has 0 aromatic heterocycles. The van der Waals surface area contributed by atoms with E-state index >= 15 is 0 Å². The van der Waals surface area contributed by atoms with Crippen molar-refractivity contribution >= 4 is 37.1 Å². The van der Waals surface area contributed by atoms with E-state index in [1.807, 2.05) is 26.8 Å². The molecule has 214 valence electrons. The van der Waals surface area contributed by atoms with E-state index in [0.29, 0.717) is 6.16 Å². The van der Waals surface area contributed by atoms with Crippen molar-refractivity contribution in [2.45, 2.75) is 51.9 Å². The van der Waals surface area contributed by atoms with Crippen LogP contribution in [0.5, 0.6) is 0 Å². The molecule has 1 saturated heterocycles. The van der Waals surface area contributed by atoms with E-state index in [-0.39, 0.29) is 12.2 Å². The van der Waals surface area contributed by atoms with Crippen LogP contribution >= 0.6 is 15.8 Å². The Kier molecular flexibility index (Phi) is 9.02. The molecule has 7 heteroatoms. The number of ether oxygens (including phenoxy) is 2. The molecule has 5 rings (SSSR count). The van der Waals surface area contributed by atoms with Gasteiger partial charge in [0.15, 0.2) is 5.79 Å². The van der Waals surface area contributed by atoms with Gasteiger partial charge in [0.05, 0.1) is 17.8 Å². The maximum atomic E-state index is 13.3. The van der Waals surface area contributed by atoms with Crippen LogP contribution in [0.25, 0.3) is 0 Å². The van der Waals surface area contributed by atoms with Crippen LogP contribution in [0.4, 0.5) is 13.2 Å². The summed E-state index contributed by atoms with van der Waals surface area (Å²) in [7, 11) is -1.71. The van der Waals surface area contributed by atoms with Gasteiger partial charge in [0.25, 0.3) is 0 Å². The molecule has 0 radical (unpaired) electrons. The number of halogens is 3. The van der Waals surface area contributed by atoms with Gasteiger partial charge in [-0.3, -0.25) is 0 Å². The SMILES string of the molecule is Cc1ccc(P(C[C@@H]2OC(C)(C)O[C@H]2CP(c2ccc(C)cc2)c2ccc(C(F)(F)F)cc2)c2ccccc2)cc1. The average molecular weight is 595 g/mol. The molecule has 41 heavy (non-hydrogen) atoms. The fraction of sp³-hybridized carbons (Fsp3) is 0.294. The number of aryl methyl sites for hydroxylation is 2. The minimum atomic E-state index is -4.37. The molecule has 0 N–H and O–H groups in total. The molecular weight excluding hydrogens is 559 g/mol. The first kappa shape index (κ1) is 29.9. The van der Waals surface area contributed by atoms with Gasteiger partial charge in [0.2, 0.25) is 0 Å². The molecule has 4 aromatic rings. The minimum absolute atomic E-state index is 0.164. The highest BCUT2D eigenvalue weighted by Gasteiger charge is 2.43. The maximum Gasteiger partial charge on any atom is 0.416 e. The monoisotopic (exact) mass is 594 g/mol. The van der Waals surface area contributed by atoms with Crippen molar-refractivity contribution in [3.8, 4) is 0 Å². The molecule has 0 bridgehead atoms. The Morgan fingerprint density at radius 2 is 0.951 bits per heavy atom. The molecule has 1 heterocycles. The van der Waals surface area contributed by atoms with Crippen molar-refractivity contribution in [1.29, 1.82) is 0 Å². The third-order valence-corrected chi connectivity index (χ3v) is 12.4. The summed E-state index contributed by atoms with van der Waals surface area (Å²) in [6, 6.07) is 33.3. The van der Waals surface area contributed by atoms with Gasteiger partial charge >= 0.3 is 6.18 Å². The summed E-state index contributed by atoms with van der Waals surface area (Å²) in [5, 5.41) is 4.57. The molecule has 0 amide bonds. The zero-order valence-corrected chi connectivity index (χ0v) is 25.5. The van der Waals surface area contributed by atoms with Gasteiger partial charge in [-0.05, 0) is 76.9 Å². The van der Waals surface area contributed by atoms with Crippen LogP contribution in [0.15, 0.2) is 103 Å². The first-order valence-electron chi connectivity index (χ1n) is 13.7. The second-order valence-electron chi connectivity index (χ2n) is 11.0. The van der Waals surface area contributed by atoms with Gasteiger partial charge in [0.1, 0.15) is 0 Å². The van der Waals surface area contributed by atoms with Gasteiger partial charge in [-0.1, -0.05) is 102 Å². The molecule has 2 nitrogen and oxygen atoms in total. The fourth-order valence-electron chi connectivity index (χ4n) is 5.19. The number of hydrogen-bond acceptors (Lipinski definition) is 2. The fourth-order valence-corrected chi connectivity index (χ4v) is 10.0.